The molecule has 25 heavy (non-hydrogen) atoms. The van der Waals surface area contributed by atoms with Crippen LogP contribution in [0.2, 0.25) is 18.1 Å². The number of carbonyl (C=O) groups excluding carboxylic acids is 1. The first-order chi connectivity index (χ1) is 11.5. The van der Waals surface area contributed by atoms with Crippen LogP contribution in [0.5, 0.6) is 0 Å². The van der Waals surface area contributed by atoms with Gasteiger partial charge in [0, 0.05) is 19.6 Å². The summed E-state index contributed by atoms with van der Waals surface area (Å²) in [4.78, 5) is 16.8. The zero-order valence-corrected chi connectivity index (χ0v) is 18.9. The Balaban J connectivity index is 2.31. The summed E-state index contributed by atoms with van der Waals surface area (Å²) < 4.78 is 6.52. The first-order valence-corrected chi connectivity index (χ1v) is 12.9. The van der Waals surface area contributed by atoms with Crippen molar-refractivity contribution in [3.63, 3.8) is 0 Å². The molecule has 1 atom stereocenters. The average Bonchev–Trinajstić information content (AvgIpc) is 2.51. The van der Waals surface area contributed by atoms with Crippen LogP contribution in [-0.2, 0) is 14.1 Å². The quantitative estimate of drug-likeness (QED) is 0.424. The van der Waals surface area contributed by atoms with Gasteiger partial charge in [-0.25, -0.2) is 5.06 Å². The van der Waals surface area contributed by atoms with Gasteiger partial charge in [0.25, 0.3) is 0 Å². The second-order valence-electron chi connectivity index (χ2n) is 9.42. The lowest BCUT2D eigenvalue weighted by Gasteiger charge is -2.39. The molecular formula is C20H41NO3Si. The fourth-order valence-electron chi connectivity index (χ4n) is 3.54. The second-order valence-corrected chi connectivity index (χ2v) is 14.2. The van der Waals surface area contributed by atoms with Crippen molar-refractivity contribution in [1.29, 1.82) is 0 Å². The van der Waals surface area contributed by atoms with E-state index >= 15 is 0 Å². The molecule has 1 aliphatic rings. The van der Waals surface area contributed by atoms with Crippen molar-refractivity contribution in [1.82, 2.24) is 5.06 Å². The van der Waals surface area contributed by atoms with Crippen LogP contribution in [0.15, 0.2) is 0 Å². The van der Waals surface area contributed by atoms with Crippen LogP contribution in [0.1, 0.15) is 72.6 Å². The van der Waals surface area contributed by atoms with Crippen LogP contribution in [0.25, 0.3) is 0 Å². The maximum atomic E-state index is 11.8. The smallest absolute Gasteiger partial charge is 0.245 e. The van der Waals surface area contributed by atoms with Gasteiger partial charge in [0.2, 0.25) is 5.91 Å². The standard InChI is InChI=1S/C20H41NO3Si/c1-16(24-25(7,8)20(2,3)4)15-18-11-9-17(10-12-18)13-14-19(22)21(5)23-6/h16-18H,9-15H2,1-8H3. The molecule has 0 aliphatic heterocycles. The number of hydroxylamine groups is 2. The van der Waals surface area contributed by atoms with E-state index in [-0.39, 0.29) is 10.9 Å². The van der Waals surface area contributed by atoms with Crippen molar-refractivity contribution in [2.24, 2.45) is 11.8 Å². The van der Waals surface area contributed by atoms with Gasteiger partial charge >= 0.3 is 0 Å². The lowest BCUT2D eigenvalue weighted by atomic mass is 9.78. The van der Waals surface area contributed by atoms with Crippen molar-refractivity contribution in [3.05, 3.63) is 0 Å². The zero-order chi connectivity index (χ0) is 19.3. The maximum absolute atomic E-state index is 11.8. The molecule has 0 bridgehead atoms. The minimum atomic E-state index is -1.66. The molecule has 5 heteroatoms. The summed E-state index contributed by atoms with van der Waals surface area (Å²) in [7, 11) is 1.56. The van der Waals surface area contributed by atoms with Crippen molar-refractivity contribution in [3.8, 4) is 0 Å². The summed E-state index contributed by atoms with van der Waals surface area (Å²) in [6, 6.07) is 0. The second kappa shape index (κ2) is 9.52. The highest BCUT2D eigenvalue weighted by atomic mass is 28.4. The van der Waals surface area contributed by atoms with E-state index in [0.717, 1.165) is 12.3 Å². The molecule has 0 aromatic heterocycles. The fourth-order valence-corrected chi connectivity index (χ4v) is 5.00. The van der Waals surface area contributed by atoms with Gasteiger partial charge in [-0.1, -0.05) is 46.5 Å². The Bertz CT molecular complexity index is 412. The molecule has 0 radical (unpaired) electrons. The predicted molar refractivity (Wildman–Crippen MR) is 107 cm³/mol. The van der Waals surface area contributed by atoms with Crippen LogP contribution in [0, 0.1) is 11.8 Å². The number of hydrogen-bond donors (Lipinski definition) is 0. The normalized spacial score (nSPS) is 23.4. The highest BCUT2D eigenvalue weighted by molar-refractivity contribution is 6.74. The van der Waals surface area contributed by atoms with Gasteiger partial charge in [0.1, 0.15) is 0 Å². The minimum Gasteiger partial charge on any atom is -0.414 e. The third kappa shape index (κ3) is 7.39. The fraction of sp³-hybridized carbons (Fsp3) is 0.950. The molecule has 0 N–H and O–H groups in total. The van der Waals surface area contributed by atoms with Crippen molar-refractivity contribution in [2.45, 2.75) is 96.9 Å². The Morgan fingerprint density at radius 2 is 1.68 bits per heavy atom. The minimum absolute atomic E-state index is 0.0843. The predicted octanol–water partition coefficient (Wildman–Crippen LogP) is 5.39. The van der Waals surface area contributed by atoms with Crippen molar-refractivity contribution >= 4 is 14.2 Å². The van der Waals surface area contributed by atoms with E-state index < -0.39 is 8.32 Å². The Morgan fingerprint density at radius 1 is 1.16 bits per heavy atom. The van der Waals surface area contributed by atoms with Crippen LogP contribution >= 0.6 is 0 Å². The molecule has 0 aromatic rings. The monoisotopic (exact) mass is 371 g/mol. The van der Waals surface area contributed by atoms with E-state index in [1.165, 1.54) is 44.3 Å². The van der Waals surface area contributed by atoms with Gasteiger partial charge in [0.05, 0.1) is 7.11 Å². The number of hydrogen-bond acceptors (Lipinski definition) is 3. The van der Waals surface area contributed by atoms with Gasteiger partial charge in [-0.3, -0.25) is 9.63 Å². The number of nitrogens with zero attached hydrogens (tertiary/aromatic N) is 1. The molecule has 0 aromatic carbocycles. The number of carbonyl (C=O) groups is 1. The summed E-state index contributed by atoms with van der Waals surface area (Å²) in [5.74, 6) is 1.57. The van der Waals surface area contributed by atoms with Crippen LogP contribution < -0.4 is 0 Å². The SMILES string of the molecule is CON(C)C(=O)CCC1CCC(CC(C)O[Si](C)(C)C(C)(C)C)CC1. The summed E-state index contributed by atoms with van der Waals surface area (Å²) >= 11 is 0. The van der Waals surface area contributed by atoms with E-state index in [4.69, 9.17) is 9.26 Å². The molecule has 1 saturated carbocycles. The lowest BCUT2D eigenvalue weighted by molar-refractivity contribution is -0.169. The highest BCUT2D eigenvalue weighted by Crippen LogP contribution is 2.39. The van der Waals surface area contributed by atoms with E-state index in [0.29, 0.717) is 18.4 Å². The van der Waals surface area contributed by atoms with Crippen molar-refractivity contribution in [2.75, 3.05) is 14.2 Å². The zero-order valence-electron chi connectivity index (χ0n) is 17.9. The Kier molecular flexibility index (Phi) is 8.62. The maximum Gasteiger partial charge on any atom is 0.245 e. The van der Waals surface area contributed by atoms with Crippen molar-refractivity contribution < 1.29 is 14.1 Å². The van der Waals surface area contributed by atoms with E-state index in [9.17, 15) is 4.79 Å². The van der Waals surface area contributed by atoms with Gasteiger partial charge in [-0.05, 0) is 49.7 Å². The van der Waals surface area contributed by atoms with E-state index in [1.807, 2.05) is 0 Å². The molecule has 1 amide bonds. The molecule has 0 spiro atoms. The van der Waals surface area contributed by atoms with Gasteiger partial charge in [-0.2, -0.15) is 0 Å². The van der Waals surface area contributed by atoms with E-state index in [2.05, 4.69) is 40.8 Å². The van der Waals surface area contributed by atoms with E-state index in [1.54, 1.807) is 7.05 Å². The third-order valence-corrected chi connectivity index (χ3v) is 10.9. The molecule has 1 aliphatic carbocycles. The topological polar surface area (TPSA) is 38.8 Å². The van der Waals surface area contributed by atoms with Gasteiger partial charge < -0.3 is 4.43 Å². The highest BCUT2D eigenvalue weighted by Gasteiger charge is 2.38. The molecule has 4 nitrogen and oxygen atoms in total. The molecule has 1 unspecified atom stereocenters. The van der Waals surface area contributed by atoms with Gasteiger partial charge in [-0.15, -0.1) is 0 Å². The van der Waals surface area contributed by atoms with Crippen LogP contribution in [0.3, 0.4) is 0 Å². The third-order valence-electron chi connectivity index (χ3n) is 6.33. The molecule has 1 rings (SSSR count). The molecular weight excluding hydrogens is 330 g/mol. The summed E-state index contributed by atoms with van der Waals surface area (Å²) in [5.41, 5.74) is 0. The summed E-state index contributed by atoms with van der Waals surface area (Å²) in [6.07, 6.45) is 8.21. The number of amides is 1. The molecule has 148 valence electrons. The average molecular weight is 372 g/mol. The molecule has 0 saturated heterocycles. The Labute approximate surface area is 156 Å². The summed E-state index contributed by atoms with van der Waals surface area (Å²) in [5, 5.41) is 1.62. The molecule has 1 fully saturated rings. The molecule has 0 heterocycles. The van der Waals surface area contributed by atoms with Gasteiger partial charge in [0.15, 0.2) is 8.32 Å². The lowest BCUT2D eigenvalue weighted by Crippen LogP contribution is -2.43. The number of rotatable bonds is 8. The summed E-state index contributed by atoms with van der Waals surface area (Å²) in [6.45, 7) is 13.9. The van der Waals surface area contributed by atoms with Crippen LogP contribution in [0.4, 0.5) is 0 Å². The Hall–Kier alpha value is -0.393. The Morgan fingerprint density at radius 3 is 2.16 bits per heavy atom. The first kappa shape index (κ1) is 22.6. The largest absolute Gasteiger partial charge is 0.414 e. The van der Waals surface area contributed by atoms with Crippen LogP contribution in [-0.4, -0.2) is 39.5 Å². The first-order valence-electron chi connectivity index (χ1n) is 9.94.